The van der Waals surface area contributed by atoms with Crippen LogP contribution in [0.5, 0.6) is 17.2 Å². The number of rotatable bonds is 7. The zero-order valence-electron chi connectivity index (χ0n) is 16.7. The van der Waals surface area contributed by atoms with E-state index in [0.29, 0.717) is 34.7 Å². The van der Waals surface area contributed by atoms with E-state index in [2.05, 4.69) is 15.5 Å². The number of fused-ring (bicyclic) bond motifs is 1. The number of aromatic hydroxyl groups is 1. The van der Waals surface area contributed by atoms with Crippen LogP contribution in [0.25, 0.3) is 11.4 Å². The minimum absolute atomic E-state index is 0.139. The average molecular weight is 450 g/mol. The maximum Gasteiger partial charge on any atom is 0.234 e. The summed E-state index contributed by atoms with van der Waals surface area (Å²) in [6.07, 6.45) is 1.60. The van der Waals surface area contributed by atoms with Gasteiger partial charge in [0.05, 0.1) is 18.6 Å². The molecule has 0 unspecified atom stereocenters. The van der Waals surface area contributed by atoms with Crippen LogP contribution in [0, 0.1) is 0 Å². The minimum atomic E-state index is -0.187. The van der Waals surface area contributed by atoms with Gasteiger partial charge in [0.2, 0.25) is 12.7 Å². The molecule has 0 fully saturated rings. The lowest BCUT2D eigenvalue weighted by atomic mass is 10.2. The molecule has 0 saturated heterocycles. The van der Waals surface area contributed by atoms with Gasteiger partial charge in [0.25, 0.3) is 0 Å². The predicted molar refractivity (Wildman–Crippen MR) is 117 cm³/mol. The number of carbonyl (C=O) groups excluding carboxylic acids is 1. The summed E-state index contributed by atoms with van der Waals surface area (Å²) in [5, 5.41) is 21.6. The van der Waals surface area contributed by atoms with Crippen molar-refractivity contribution in [2.75, 3.05) is 17.9 Å². The van der Waals surface area contributed by atoms with E-state index in [1.807, 2.05) is 16.7 Å². The maximum atomic E-state index is 12.5. The standard InChI is InChI=1S/C22H18N4O5S/c27-16-6-3-14(4-7-16)21-24-25-22(26(21)11-17-2-1-9-29-17)32-12-20(28)23-15-5-8-18-19(10-15)31-13-30-18/h1-10,27H,11-13H2,(H,23,28). The first kappa shape index (κ1) is 20.0. The highest BCUT2D eigenvalue weighted by molar-refractivity contribution is 7.99. The van der Waals surface area contributed by atoms with E-state index in [0.717, 1.165) is 11.3 Å². The molecule has 1 aliphatic rings. The van der Waals surface area contributed by atoms with Gasteiger partial charge in [-0.25, -0.2) is 0 Å². The molecule has 0 aliphatic carbocycles. The molecule has 1 aliphatic heterocycles. The lowest BCUT2D eigenvalue weighted by Gasteiger charge is -2.09. The third-order valence-electron chi connectivity index (χ3n) is 4.73. The molecule has 2 aromatic heterocycles. The zero-order valence-corrected chi connectivity index (χ0v) is 17.5. The average Bonchev–Trinajstić information content (AvgIpc) is 3.54. The van der Waals surface area contributed by atoms with Gasteiger partial charge in [-0.1, -0.05) is 11.8 Å². The summed E-state index contributed by atoms with van der Waals surface area (Å²) in [7, 11) is 0. The first-order valence-corrected chi connectivity index (χ1v) is 10.7. The molecule has 2 N–H and O–H groups in total. The fourth-order valence-corrected chi connectivity index (χ4v) is 3.96. The zero-order chi connectivity index (χ0) is 21.9. The van der Waals surface area contributed by atoms with Gasteiger partial charge in [0, 0.05) is 17.3 Å². The largest absolute Gasteiger partial charge is 0.508 e. The summed E-state index contributed by atoms with van der Waals surface area (Å²) in [5.41, 5.74) is 1.42. The molecule has 0 radical (unpaired) electrons. The van der Waals surface area contributed by atoms with Crippen LogP contribution in [-0.2, 0) is 11.3 Å². The van der Waals surface area contributed by atoms with Crippen LogP contribution in [0.2, 0.25) is 0 Å². The Morgan fingerprint density at radius 2 is 1.94 bits per heavy atom. The van der Waals surface area contributed by atoms with Crippen molar-refractivity contribution in [3.05, 3.63) is 66.6 Å². The summed E-state index contributed by atoms with van der Waals surface area (Å²) >= 11 is 1.27. The van der Waals surface area contributed by atoms with Crippen molar-refractivity contribution >= 4 is 23.4 Å². The SMILES string of the molecule is O=C(CSc1nnc(-c2ccc(O)cc2)n1Cc1ccco1)Nc1ccc2c(c1)OCO2. The number of thioether (sulfide) groups is 1. The molecule has 32 heavy (non-hydrogen) atoms. The minimum Gasteiger partial charge on any atom is -0.508 e. The van der Waals surface area contributed by atoms with Crippen LogP contribution in [0.4, 0.5) is 5.69 Å². The second-order valence-corrected chi connectivity index (χ2v) is 7.87. The second kappa shape index (κ2) is 8.67. The van der Waals surface area contributed by atoms with Crippen LogP contribution in [0.3, 0.4) is 0 Å². The summed E-state index contributed by atoms with van der Waals surface area (Å²) in [4.78, 5) is 12.5. The van der Waals surface area contributed by atoms with E-state index in [1.165, 1.54) is 11.8 Å². The van der Waals surface area contributed by atoms with Crippen molar-refractivity contribution < 1.29 is 23.8 Å². The van der Waals surface area contributed by atoms with Gasteiger partial charge in [0.1, 0.15) is 11.5 Å². The van der Waals surface area contributed by atoms with Crippen molar-refractivity contribution in [1.82, 2.24) is 14.8 Å². The quantitative estimate of drug-likeness (QED) is 0.410. The number of hydrogen-bond donors (Lipinski definition) is 2. The van der Waals surface area contributed by atoms with Crippen LogP contribution in [-0.4, -0.2) is 38.3 Å². The maximum absolute atomic E-state index is 12.5. The number of hydrogen-bond acceptors (Lipinski definition) is 8. The Balaban J connectivity index is 1.32. The number of amides is 1. The molecule has 162 valence electrons. The Hall–Kier alpha value is -3.92. The van der Waals surface area contributed by atoms with Crippen LogP contribution < -0.4 is 14.8 Å². The van der Waals surface area contributed by atoms with E-state index in [1.54, 1.807) is 48.7 Å². The molecule has 1 amide bonds. The van der Waals surface area contributed by atoms with Gasteiger partial charge < -0.3 is 24.3 Å². The molecule has 0 spiro atoms. The van der Waals surface area contributed by atoms with Crippen molar-refractivity contribution in [3.8, 4) is 28.6 Å². The van der Waals surface area contributed by atoms with Crippen molar-refractivity contribution in [2.24, 2.45) is 0 Å². The Morgan fingerprint density at radius 1 is 1.09 bits per heavy atom. The van der Waals surface area contributed by atoms with Crippen LogP contribution in [0.15, 0.2) is 70.4 Å². The van der Waals surface area contributed by atoms with Gasteiger partial charge in [-0.05, 0) is 48.5 Å². The number of aromatic nitrogens is 3. The van der Waals surface area contributed by atoms with E-state index in [-0.39, 0.29) is 24.2 Å². The van der Waals surface area contributed by atoms with Gasteiger partial charge >= 0.3 is 0 Å². The molecule has 0 saturated carbocycles. The molecule has 5 rings (SSSR count). The Labute approximate surface area is 187 Å². The molecule has 3 heterocycles. The molecule has 4 aromatic rings. The topological polar surface area (TPSA) is 112 Å². The van der Waals surface area contributed by atoms with Crippen LogP contribution >= 0.6 is 11.8 Å². The van der Waals surface area contributed by atoms with Crippen LogP contribution in [0.1, 0.15) is 5.76 Å². The Kier molecular flexibility index (Phi) is 5.42. The molecule has 2 aromatic carbocycles. The molecular formula is C22H18N4O5S. The summed E-state index contributed by atoms with van der Waals surface area (Å²) < 4.78 is 18.0. The Morgan fingerprint density at radius 3 is 2.75 bits per heavy atom. The number of benzene rings is 2. The second-order valence-electron chi connectivity index (χ2n) is 6.92. The fourth-order valence-electron chi connectivity index (χ4n) is 3.22. The van der Waals surface area contributed by atoms with E-state index in [4.69, 9.17) is 13.9 Å². The third-order valence-corrected chi connectivity index (χ3v) is 5.69. The molecular weight excluding hydrogens is 432 g/mol. The normalized spacial score (nSPS) is 12.1. The monoisotopic (exact) mass is 450 g/mol. The van der Waals surface area contributed by atoms with E-state index in [9.17, 15) is 9.90 Å². The Bertz CT molecular complexity index is 1240. The summed E-state index contributed by atoms with van der Waals surface area (Å²) in [6, 6.07) is 15.6. The first-order valence-electron chi connectivity index (χ1n) is 9.73. The highest BCUT2D eigenvalue weighted by atomic mass is 32.2. The van der Waals surface area contributed by atoms with Gasteiger partial charge in [0.15, 0.2) is 22.5 Å². The third kappa shape index (κ3) is 4.26. The number of carbonyl (C=O) groups is 1. The number of anilines is 1. The van der Waals surface area contributed by atoms with Gasteiger partial charge in [-0.15, -0.1) is 10.2 Å². The lowest BCUT2D eigenvalue weighted by Crippen LogP contribution is -2.14. The summed E-state index contributed by atoms with van der Waals surface area (Å²) in [5.74, 6) is 2.72. The molecule has 9 nitrogen and oxygen atoms in total. The number of nitrogens with zero attached hydrogens (tertiary/aromatic N) is 3. The lowest BCUT2D eigenvalue weighted by molar-refractivity contribution is -0.113. The molecule has 0 bridgehead atoms. The molecule has 10 heteroatoms. The van der Waals surface area contributed by atoms with Gasteiger partial charge in [-0.2, -0.15) is 0 Å². The smallest absolute Gasteiger partial charge is 0.234 e. The number of ether oxygens (including phenoxy) is 2. The molecule has 0 atom stereocenters. The number of phenols is 1. The van der Waals surface area contributed by atoms with E-state index < -0.39 is 0 Å². The van der Waals surface area contributed by atoms with Crippen molar-refractivity contribution in [3.63, 3.8) is 0 Å². The highest BCUT2D eigenvalue weighted by Crippen LogP contribution is 2.34. The van der Waals surface area contributed by atoms with E-state index >= 15 is 0 Å². The van der Waals surface area contributed by atoms with Crippen molar-refractivity contribution in [1.29, 1.82) is 0 Å². The van der Waals surface area contributed by atoms with Gasteiger partial charge in [-0.3, -0.25) is 9.36 Å². The number of furan rings is 1. The van der Waals surface area contributed by atoms with Crippen molar-refractivity contribution in [2.45, 2.75) is 11.7 Å². The highest BCUT2D eigenvalue weighted by Gasteiger charge is 2.18. The predicted octanol–water partition coefficient (Wildman–Crippen LogP) is 3.75. The first-order chi connectivity index (χ1) is 15.7. The number of nitrogens with one attached hydrogen (secondary N) is 1. The fraction of sp³-hybridized carbons (Fsp3) is 0.136. The number of phenolic OH excluding ortho intramolecular Hbond substituents is 1. The summed E-state index contributed by atoms with van der Waals surface area (Å²) in [6.45, 7) is 0.583.